The van der Waals surface area contributed by atoms with Crippen LogP contribution >= 0.6 is 0 Å². The van der Waals surface area contributed by atoms with Crippen molar-refractivity contribution in [2.24, 2.45) is 0 Å². The first-order valence-electron chi connectivity index (χ1n) is 9.51. The standard InChI is InChI=1S/C22H26N4O2/c1-5-26(15(2)3)18-9-7-17(8-10-18)24-21(27)13-25-14-23-20-11-6-16(4)12-19(20)22(25)28/h6-12,14-15H,5,13H2,1-4H3,(H,24,27). The minimum atomic E-state index is -0.264. The van der Waals surface area contributed by atoms with E-state index in [9.17, 15) is 9.59 Å². The summed E-state index contributed by atoms with van der Waals surface area (Å²) in [5.41, 5.74) is 3.21. The number of anilines is 2. The maximum Gasteiger partial charge on any atom is 0.261 e. The fraction of sp³-hybridized carbons (Fsp3) is 0.318. The van der Waals surface area contributed by atoms with Crippen molar-refractivity contribution >= 4 is 28.2 Å². The van der Waals surface area contributed by atoms with Crippen molar-refractivity contribution in [3.05, 3.63) is 64.7 Å². The van der Waals surface area contributed by atoms with Gasteiger partial charge in [0.2, 0.25) is 5.91 Å². The van der Waals surface area contributed by atoms with Crippen LogP contribution in [0.2, 0.25) is 0 Å². The van der Waals surface area contributed by atoms with E-state index in [4.69, 9.17) is 0 Å². The summed E-state index contributed by atoms with van der Waals surface area (Å²) in [5, 5.41) is 3.37. The van der Waals surface area contributed by atoms with Gasteiger partial charge in [-0.15, -0.1) is 0 Å². The molecule has 1 amide bonds. The highest BCUT2D eigenvalue weighted by molar-refractivity contribution is 5.91. The van der Waals surface area contributed by atoms with Gasteiger partial charge in [0.15, 0.2) is 0 Å². The molecule has 1 heterocycles. The number of hydrogen-bond donors (Lipinski definition) is 1. The van der Waals surface area contributed by atoms with E-state index in [-0.39, 0.29) is 18.0 Å². The SMILES string of the molecule is CCN(c1ccc(NC(=O)Cn2cnc3ccc(C)cc3c2=O)cc1)C(C)C. The van der Waals surface area contributed by atoms with Crippen molar-refractivity contribution in [1.82, 2.24) is 9.55 Å². The number of fused-ring (bicyclic) bond motifs is 1. The molecule has 6 heteroatoms. The largest absolute Gasteiger partial charge is 0.369 e. The number of aryl methyl sites for hydroxylation is 1. The quantitative estimate of drug-likeness (QED) is 0.712. The van der Waals surface area contributed by atoms with Gasteiger partial charge in [-0.1, -0.05) is 11.6 Å². The number of carbonyl (C=O) groups excluding carboxylic acids is 1. The summed E-state index contributed by atoms with van der Waals surface area (Å²) in [5.74, 6) is -0.264. The maximum atomic E-state index is 12.6. The zero-order chi connectivity index (χ0) is 20.3. The molecule has 1 aromatic heterocycles. The fourth-order valence-electron chi connectivity index (χ4n) is 3.32. The van der Waals surface area contributed by atoms with Crippen LogP contribution in [0, 0.1) is 6.92 Å². The van der Waals surface area contributed by atoms with Gasteiger partial charge in [0, 0.05) is 24.0 Å². The molecule has 0 spiro atoms. The minimum absolute atomic E-state index is 0.0788. The first-order chi connectivity index (χ1) is 13.4. The Hall–Kier alpha value is -3.15. The zero-order valence-electron chi connectivity index (χ0n) is 16.8. The summed E-state index contributed by atoms with van der Waals surface area (Å²) in [6.07, 6.45) is 1.42. The van der Waals surface area contributed by atoms with Gasteiger partial charge < -0.3 is 10.2 Å². The third kappa shape index (κ3) is 4.22. The number of nitrogens with one attached hydrogen (secondary N) is 1. The second kappa shape index (κ2) is 8.25. The second-order valence-corrected chi connectivity index (χ2v) is 7.17. The molecule has 3 rings (SSSR count). The zero-order valence-corrected chi connectivity index (χ0v) is 16.8. The molecule has 0 aliphatic rings. The van der Waals surface area contributed by atoms with E-state index in [0.29, 0.717) is 22.6 Å². The average Bonchev–Trinajstić information content (AvgIpc) is 2.66. The molecule has 0 radical (unpaired) electrons. The van der Waals surface area contributed by atoms with Crippen LogP contribution in [0.4, 0.5) is 11.4 Å². The fourth-order valence-corrected chi connectivity index (χ4v) is 3.32. The molecule has 0 fully saturated rings. The molecule has 0 unspecified atom stereocenters. The van der Waals surface area contributed by atoms with Crippen LogP contribution in [0.25, 0.3) is 10.9 Å². The van der Waals surface area contributed by atoms with Crippen LogP contribution in [0.1, 0.15) is 26.3 Å². The lowest BCUT2D eigenvalue weighted by atomic mass is 10.2. The predicted molar refractivity (Wildman–Crippen MR) is 114 cm³/mol. The van der Waals surface area contributed by atoms with Gasteiger partial charge in [-0.25, -0.2) is 4.98 Å². The molecule has 6 nitrogen and oxygen atoms in total. The first-order valence-corrected chi connectivity index (χ1v) is 9.51. The van der Waals surface area contributed by atoms with Crippen LogP contribution in [-0.4, -0.2) is 28.0 Å². The Morgan fingerprint density at radius 1 is 1.18 bits per heavy atom. The van der Waals surface area contributed by atoms with Gasteiger partial charge in [-0.3, -0.25) is 14.2 Å². The molecule has 0 bridgehead atoms. The minimum Gasteiger partial charge on any atom is -0.369 e. The number of hydrogen-bond acceptors (Lipinski definition) is 4. The Bertz CT molecular complexity index is 1040. The number of rotatable bonds is 6. The molecule has 2 aromatic carbocycles. The van der Waals surface area contributed by atoms with E-state index < -0.39 is 0 Å². The molecule has 0 saturated carbocycles. The van der Waals surface area contributed by atoms with Gasteiger partial charge >= 0.3 is 0 Å². The molecule has 0 aliphatic heterocycles. The number of aromatic nitrogens is 2. The van der Waals surface area contributed by atoms with E-state index in [0.717, 1.165) is 17.8 Å². The summed E-state index contributed by atoms with van der Waals surface area (Å²) in [4.78, 5) is 31.6. The molecular formula is C22H26N4O2. The van der Waals surface area contributed by atoms with Crippen molar-refractivity contribution in [2.45, 2.75) is 40.3 Å². The molecule has 0 aliphatic carbocycles. The Balaban J connectivity index is 1.73. The monoisotopic (exact) mass is 378 g/mol. The van der Waals surface area contributed by atoms with Gasteiger partial charge in [-0.05, 0) is 64.1 Å². The van der Waals surface area contributed by atoms with Gasteiger partial charge in [0.05, 0.1) is 17.2 Å². The number of benzene rings is 2. The highest BCUT2D eigenvalue weighted by Gasteiger charge is 2.11. The lowest BCUT2D eigenvalue weighted by Crippen LogP contribution is -2.30. The third-order valence-electron chi connectivity index (χ3n) is 4.74. The Kier molecular flexibility index (Phi) is 5.78. The Morgan fingerprint density at radius 3 is 2.54 bits per heavy atom. The molecular weight excluding hydrogens is 352 g/mol. The van der Waals surface area contributed by atoms with E-state index >= 15 is 0 Å². The number of carbonyl (C=O) groups is 1. The average molecular weight is 378 g/mol. The molecule has 1 N–H and O–H groups in total. The lowest BCUT2D eigenvalue weighted by Gasteiger charge is -2.27. The molecule has 0 saturated heterocycles. The summed E-state index contributed by atoms with van der Waals surface area (Å²) in [6.45, 7) is 9.18. The summed E-state index contributed by atoms with van der Waals surface area (Å²) in [7, 11) is 0. The van der Waals surface area contributed by atoms with E-state index in [2.05, 4.69) is 36.0 Å². The van der Waals surface area contributed by atoms with Crippen LogP contribution in [0.15, 0.2) is 53.6 Å². The molecule has 146 valence electrons. The van der Waals surface area contributed by atoms with Crippen LogP contribution in [0.3, 0.4) is 0 Å². The van der Waals surface area contributed by atoms with Crippen molar-refractivity contribution < 1.29 is 4.79 Å². The summed E-state index contributed by atoms with van der Waals surface area (Å²) in [6, 6.07) is 13.7. The van der Waals surface area contributed by atoms with Crippen molar-refractivity contribution in [3.8, 4) is 0 Å². The highest BCUT2D eigenvalue weighted by Crippen LogP contribution is 2.20. The summed E-state index contributed by atoms with van der Waals surface area (Å²) < 4.78 is 1.34. The Morgan fingerprint density at radius 2 is 1.89 bits per heavy atom. The first kappa shape index (κ1) is 19.6. The van der Waals surface area contributed by atoms with Crippen LogP contribution < -0.4 is 15.8 Å². The van der Waals surface area contributed by atoms with Crippen LogP contribution in [0.5, 0.6) is 0 Å². The van der Waals surface area contributed by atoms with E-state index in [1.165, 1.54) is 10.9 Å². The molecule has 0 atom stereocenters. The van der Waals surface area contributed by atoms with Crippen molar-refractivity contribution in [1.29, 1.82) is 0 Å². The highest BCUT2D eigenvalue weighted by atomic mass is 16.2. The van der Waals surface area contributed by atoms with E-state index in [1.807, 2.05) is 43.3 Å². The topological polar surface area (TPSA) is 67.2 Å². The number of nitrogens with zero attached hydrogens (tertiary/aromatic N) is 3. The molecule has 28 heavy (non-hydrogen) atoms. The van der Waals surface area contributed by atoms with Crippen LogP contribution in [-0.2, 0) is 11.3 Å². The van der Waals surface area contributed by atoms with Crippen molar-refractivity contribution in [3.63, 3.8) is 0 Å². The van der Waals surface area contributed by atoms with Crippen molar-refractivity contribution in [2.75, 3.05) is 16.8 Å². The summed E-state index contributed by atoms with van der Waals surface area (Å²) >= 11 is 0. The van der Waals surface area contributed by atoms with Gasteiger partial charge in [0.25, 0.3) is 5.56 Å². The van der Waals surface area contributed by atoms with E-state index in [1.54, 1.807) is 6.07 Å². The predicted octanol–water partition coefficient (Wildman–Crippen LogP) is 3.58. The Labute approximate surface area is 164 Å². The normalized spacial score (nSPS) is 11.0. The van der Waals surface area contributed by atoms with Gasteiger partial charge in [0.1, 0.15) is 6.54 Å². The lowest BCUT2D eigenvalue weighted by molar-refractivity contribution is -0.116. The maximum absolute atomic E-state index is 12.6. The molecule has 3 aromatic rings. The van der Waals surface area contributed by atoms with Gasteiger partial charge in [-0.2, -0.15) is 0 Å². The second-order valence-electron chi connectivity index (χ2n) is 7.17. The number of amides is 1. The smallest absolute Gasteiger partial charge is 0.261 e. The third-order valence-corrected chi connectivity index (χ3v) is 4.74.